The monoisotopic (exact) mass is 340 g/mol. The van der Waals surface area contributed by atoms with Gasteiger partial charge in [-0.25, -0.2) is 0 Å². The van der Waals surface area contributed by atoms with Crippen molar-refractivity contribution < 1.29 is 0 Å². The van der Waals surface area contributed by atoms with Gasteiger partial charge in [-0.05, 0) is 49.2 Å². The maximum Gasteiger partial charge on any atom is 0.197 e. The SMILES string of the molecule is Cc1cccc2c(=O)c3cc4[nH]c5c(C)cccc5c(=O)c4cc3[nH]c12. The van der Waals surface area contributed by atoms with Crippen LogP contribution < -0.4 is 10.9 Å². The van der Waals surface area contributed by atoms with Crippen molar-refractivity contribution in [3.05, 3.63) is 80.1 Å². The van der Waals surface area contributed by atoms with Crippen LogP contribution in [0, 0.1) is 13.8 Å². The van der Waals surface area contributed by atoms with Crippen LogP contribution in [-0.4, -0.2) is 9.97 Å². The Morgan fingerprint density at radius 1 is 0.615 bits per heavy atom. The summed E-state index contributed by atoms with van der Waals surface area (Å²) in [6.45, 7) is 3.93. The van der Waals surface area contributed by atoms with Gasteiger partial charge in [-0.1, -0.05) is 24.3 Å². The van der Waals surface area contributed by atoms with Gasteiger partial charge in [0.25, 0.3) is 0 Å². The van der Waals surface area contributed by atoms with Gasteiger partial charge in [-0.2, -0.15) is 0 Å². The minimum absolute atomic E-state index is 0.0231. The van der Waals surface area contributed by atoms with Gasteiger partial charge in [-0.15, -0.1) is 0 Å². The number of nitrogens with one attached hydrogen (secondary N) is 2. The highest BCUT2D eigenvalue weighted by atomic mass is 16.1. The number of pyridine rings is 2. The number of fused-ring (bicyclic) bond motifs is 4. The first-order chi connectivity index (χ1) is 12.5. The van der Waals surface area contributed by atoms with Gasteiger partial charge in [0, 0.05) is 21.5 Å². The molecule has 0 amide bonds. The summed E-state index contributed by atoms with van der Waals surface area (Å²) in [6, 6.07) is 15.0. The molecule has 0 fully saturated rings. The Morgan fingerprint density at radius 3 is 1.46 bits per heavy atom. The van der Waals surface area contributed by atoms with Crippen LogP contribution in [0.2, 0.25) is 0 Å². The van der Waals surface area contributed by atoms with Gasteiger partial charge in [0.15, 0.2) is 10.9 Å². The maximum absolute atomic E-state index is 13.0. The third-order valence-corrected chi connectivity index (χ3v) is 5.20. The first-order valence-corrected chi connectivity index (χ1v) is 8.55. The molecule has 4 heteroatoms. The van der Waals surface area contributed by atoms with Crippen molar-refractivity contribution in [1.82, 2.24) is 9.97 Å². The molecule has 2 heterocycles. The zero-order valence-electron chi connectivity index (χ0n) is 14.4. The van der Waals surface area contributed by atoms with Crippen LogP contribution in [0.15, 0.2) is 58.1 Å². The van der Waals surface area contributed by atoms with Crippen LogP contribution in [0.3, 0.4) is 0 Å². The number of hydrogen-bond donors (Lipinski definition) is 2. The standard InChI is InChI=1S/C22H16N2O2/c1-11-5-3-7-13-19(11)23-17-9-16-18(10-15(17)21(13)25)24-20-12(2)6-4-8-14(20)22(16)26/h3-10H,1-2H3,(H,23,25)(H,24,26). The highest BCUT2D eigenvalue weighted by molar-refractivity contribution is 6.03. The van der Waals surface area contributed by atoms with Crippen molar-refractivity contribution in [3.63, 3.8) is 0 Å². The molecular weight excluding hydrogens is 324 g/mol. The molecule has 0 atom stereocenters. The highest BCUT2D eigenvalue weighted by Gasteiger charge is 2.12. The minimum atomic E-state index is -0.0231. The van der Waals surface area contributed by atoms with Crippen molar-refractivity contribution >= 4 is 43.6 Å². The molecule has 126 valence electrons. The predicted octanol–water partition coefficient (Wildman–Crippen LogP) is 4.29. The summed E-state index contributed by atoms with van der Waals surface area (Å²) in [6.07, 6.45) is 0. The Morgan fingerprint density at radius 2 is 1.04 bits per heavy atom. The van der Waals surface area contributed by atoms with Crippen LogP contribution >= 0.6 is 0 Å². The van der Waals surface area contributed by atoms with E-state index in [1.165, 1.54) is 0 Å². The fraction of sp³-hybridized carbons (Fsp3) is 0.0909. The number of benzene rings is 3. The number of aromatic nitrogens is 2. The number of rotatable bonds is 0. The Hall–Kier alpha value is -3.40. The van der Waals surface area contributed by atoms with E-state index in [-0.39, 0.29) is 10.9 Å². The van der Waals surface area contributed by atoms with E-state index < -0.39 is 0 Å². The lowest BCUT2D eigenvalue weighted by molar-refractivity contribution is 1.40. The smallest absolute Gasteiger partial charge is 0.197 e. The van der Waals surface area contributed by atoms with Crippen molar-refractivity contribution in [1.29, 1.82) is 0 Å². The molecule has 0 aliphatic rings. The van der Waals surface area contributed by atoms with Gasteiger partial charge in [0.05, 0.1) is 22.1 Å². The van der Waals surface area contributed by atoms with Crippen molar-refractivity contribution in [2.45, 2.75) is 13.8 Å². The molecule has 5 aromatic rings. The number of aryl methyl sites for hydroxylation is 2. The van der Waals surface area contributed by atoms with E-state index in [0.717, 1.165) is 22.2 Å². The summed E-state index contributed by atoms with van der Waals surface area (Å²) in [7, 11) is 0. The van der Waals surface area contributed by atoms with E-state index in [9.17, 15) is 9.59 Å². The average molecular weight is 340 g/mol. The second-order valence-electron chi connectivity index (χ2n) is 6.85. The van der Waals surface area contributed by atoms with Crippen molar-refractivity contribution in [2.24, 2.45) is 0 Å². The van der Waals surface area contributed by atoms with Crippen LogP contribution in [0.5, 0.6) is 0 Å². The molecule has 3 aromatic carbocycles. The quantitative estimate of drug-likeness (QED) is 0.413. The normalized spacial score (nSPS) is 11.8. The fourth-order valence-electron chi connectivity index (χ4n) is 3.79. The van der Waals surface area contributed by atoms with Crippen LogP contribution in [0.25, 0.3) is 43.6 Å². The summed E-state index contributed by atoms with van der Waals surface area (Å²) in [5.74, 6) is 0. The van der Waals surface area contributed by atoms with E-state index >= 15 is 0 Å². The predicted molar refractivity (Wildman–Crippen MR) is 107 cm³/mol. The van der Waals surface area contributed by atoms with Crippen LogP contribution in [0.1, 0.15) is 11.1 Å². The molecular formula is C22H16N2O2. The Kier molecular flexibility index (Phi) is 2.89. The zero-order chi connectivity index (χ0) is 18.0. The Labute approximate surface area is 148 Å². The molecule has 0 saturated carbocycles. The third-order valence-electron chi connectivity index (χ3n) is 5.20. The Bertz CT molecular complexity index is 1370. The summed E-state index contributed by atoms with van der Waals surface area (Å²) < 4.78 is 0. The van der Waals surface area contributed by atoms with Gasteiger partial charge in [0.2, 0.25) is 0 Å². The highest BCUT2D eigenvalue weighted by Crippen LogP contribution is 2.23. The van der Waals surface area contributed by atoms with Crippen LogP contribution in [0.4, 0.5) is 0 Å². The van der Waals surface area contributed by atoms with E-state index in [0.29, 0.717) is 32.6 Å². The molecule has 0 bridgehead atoms. The van der Waals surface area contributed by atoms with Crippen molar-refractivity contribution in [2.75, 3.05) is 0 Å². The fourth-order valence-corrected chi connectivity index (χ4v) is 3.79. The molecule has 0 radical (unpaired) electrons. The van der Waals surface area contributed by atoms with Gasteiger partial charge >= 0.3 is 0 Å². The lowest BCUT2D eigenvalue weighted by atomic mass is 10.0. The minimum Gasteiger partial charge on any atom is -0.354 e. The molecule has 0 aliphatic heterocycles. The second kappa shape index (κ2) is 5.05. The number of aromatic amines is 2. The molecule has 2 aromatic heterocycles. The molecule has 0 aliphatic carbocycles. The van der Waals surface area contributed by atoms with E-state index in [1.807, 2.05) is 50.2 Å². The second-order valence-corrected chi connectivity index (χ2v) is 6.85. The molecule has 26 heavy (non-hydrogen) atoms. The first-order valence-electron chi connectivity index (χ1n) is 8.55. The Balaban J connectivity index is 2.04. The molecule has 5 rings (SSSR count). The molecule has 0 saturated heterocycles. The molecule has 0 spiro atoms. The number of hydrogen-bond acceptors (Lipinski definition) is 2. The molecule has 0 unspecified atom stereocenters. The molecule has 2 N–H and O–H groups in total. The number of para-hydroxylation sites is 2. The van der Waals surface area contributed by atoms with Gasteiger partial charge in [-0.3, -0.25) is 9.59 Å². The lowest BCUT2D eigenvalue weighted by Crippen LogP contribution is -2.09. The zero-order valence-corrected chi connectivity index (χ0v) is 14.4. The topological polar surface area (TPSA) is 65.7 Å². The summed E-state index contributed by atoms with van der Waals surface area (Å²) >= 11 is 0. The van der Waals surface area contributed by atoms with Gasteiger partial charge < -0.3 is 9.97 Å². The first kappa shape index (κ1) is 14.9. The average Bonchev–Trinajstić information content (AvgIpc) is 2.63. The largest absolute Gasteiger partial charge is 0.354 e. The lowest BCUT2D eigenvalue weighted by Gasteiger charge is -2.09. The summed E-state index contributed by atoms with van der Waals surface area (Å²) in [5, 5.41) is 2.49. The maximum atomic E-state index is 13.0. The third kappa shape index (κ3) is 1.90. The molecule has 4 nitrogen and oxygen atoms in total. The summed E-state index contributed by atoms with van der Waals surface area (Å²) in [5.41, 5.74) is 4.96. The number of H-pyrrole nitrogens is 2. The van der Waals surface area contributed by atoms with Crippen molar-refractivity contribution in [3.8, 4) is 0 Å². The van der Waals surface area contributed by atoms with E-state index in [1.54, 1.807) is 12.1 Å². The van der Waals surface area contributed by atoms with Gasteiger partial charge in [0.1, 0.15) is 0 Å². The van der Waals surface area contributed by atoms with E-state index in [2.05, 4.69) is 9.97 Å². The summed E-state index contributed by atoms with van der Waals surface area (Å²) in [4.78, 5) is 32.7. The van der Waals surface area contributed by atoms with Crippen LogP contribution in [-0.2, 0) is 0 Å². The van der Waals surface area contributed by atoms with E-state index in [4.69, 9.17) is 0 Å².